The van der Waals surface area contributed by atoms with Gasteiger partial charge in [-0.25, -0.2) is 18.9 Å². The molecule has 3 saturated heterocycles. The number of hydrazine groups is 1. The van der Waals surface area contributed by atoms with Crippen LogP contribution in [0.5, 0.6) is 0 Å². The number of nitrogens with zero attached hydrogens (tertiary/aromatic N) is 4. The Bertz CT molecular complexity index is 1300. The fourth-order valence-electron chi connectivity index (χ4n) is 5.89. The molecule has 0 saturated carbocycles. The van der Waals surface area contributed by atoms with Crippen molar-refractivity contribution in [3.63, 3.8) is 0 Å². The molecule has 4 rings (SSSR count). The van der Waals surface area contributed by atoms with E-state index in [0.29, 0.717) is 38.4 Å². The molecular formula is C27H39F2N7O4S. The van der Waals surface area contributed by atoms with Gasteiger partial charge in [-0.3, -0.25) is 9.59 Å². The molecule has 0 spiro atoms. The maximum Gasteiger partial charge on any atom is 0.322 e. The van der Waals surface area contributed by atoms with Crippen molar-refractivity contribution in [2.24, 2.45) is 5.92 Å². The van der Waals surface area contributed by atoms with Gasteiger partial charge in [-0.15, -0.1) is 0 Å². The molecular weight excluding hydrogens is 556 g/mol. The molecule has 3 atom stereocenters. The number of fused-ring (bicyclic) bond motifs is 1. The Morgan fingerprint density at radius 3 is 2.34 bits per heavy atom. The zero-order valence-corrected chi connectivity index (χ0v) is 24.9. The number of halogens is 2. The van der Waals surface area contributed by atoms with E-state index in [4.69, 9.17) is 0 Å². The minimum absolute atomic E-state index is 0.0722. The van der Waals surface area contributed by atoms with Crippen LogP contribution in [-0.4, -0.2) is 90.3 Å². The van der Waals surface area contributed by atoms with Crippen molar-refractivity contribution in [2.75, 3.05) is 32.0 Å². The number of hydrogen-bond acceptors (Lipinski definition) is 8. The minimum Gasteiger partial charge on any atom is -0.368 e. The van der Waals surface area contributed by atoms with Gasteiger partial charge in [0.2, 0.25) is 15.9 Å². The number of amides is 2. The van der Waals surface area contributed by atoms with Gasteiger partial charge in [0, 0.05) is 50.9 Å². The normalized spacial score (nSPS) is 25.4. The van der Waals surface area contributed by atoms with Crippen molar-refractivity contribution < 1.29 is 26.8 Å². The lowest BCUT2D eigenvalue weighted by Crippen LogP contribution is -2.63. The van der Waals surface area contributed by atoms with Crippen molar-refractivity contribution in [3.8, 4) is 6.07 Å². The molecule has 3 N–H and O–H groups in total. The molecule has 14 heteroatoms. The Labute approximate surface area is 240 Å². The number of nitrogens with one attached hydrogen (secondary N) is 3. The Morgan fingerprint density at radius 1 is 1.20 bits per heavy atom. The van der Waals surface area contributed by atoms with E-state index in [9.17, 15) is 32.0 Å². The Kier molecular flexibility index (Phi) is 8.41. The summed E-state index contributed by atoms with van der Waals surface area (Å²) < 4.78 is 54.8. The zero-order valence-electron chi connectivity index (χ0n) is 24.1. The smallest absolute Gasteiger partial charge is 0.322 e. The lowest BCUT2D eigenvalue weighted by atomic mass is 9.81. The van der Waals surface area contributed by atoms with Crippen molar-refractivity contribution in [1.82, 2.24) is 25.0 Å². The zero-order chi connectivity index (χ0) is 30.4. The highest BCUT2D eigenvalue weighted by Gasteiger charge is 2.55. The first-order valence-corrected chi connectivity index (χ1v) is 15.2. The highest BCUT2D eigenvalue weighted by Crippen LogP contribution is 2.41. The maximum absolute atomic E-state index is 13.7. The molecule has 41 heavy (non-hydrogen) atoms. The number of alkyl halides is 2. The first-order valence-electron chi connectivity index (χ1n) is 13.7. The fraction of sp³-hybridized carbons (Fsp3) is 0.667. The van der Waals surface area contributed by atoms with Crippen molar-refractivity contribution >= 4 is 27.5 Å². The number of carbonyl (C=O) groups is 2. The third-order valence-electron chi connectivity index (χ3n) is 8.48. The largest absolute Gasteiger partial charge is 0.368 e. The van der Waals surface area contributed by atoms with Crippen LogP contribution in [0.25, 0.3) is 0 Å². The molecule has 226 valence electrons. The molecule has 3 aliphatic rings. The number of anilines is 1. The topological polar surface area (TPSA) is 138 Å². The maximum atomic E-state index is 13.7. The van der Waals surface area contributed by atoms with E-state index in [1.54, 1.807) is 12.1 Å². The standard InChI is InChI=1S/C27H39F2N7O4S/c1-25(2,3)34(5)41(39,40)19-8-6-18(7-9-19)32-22-21-20(10-15-31-23(21)37)36(33-22)27(11-14-30)12-16-35(17-13-27)24(38)26(4,28)29/h6-9,20-22,32-33H,10-13,15-17H2,1-5H3,(H,31,37). The van der Waals surface area contributed by atoms with Crippen LogP contribution in [0.1, 0.15) is 53.4 Å². The number of likely N-dealkylation sites (tertiary alicyclic amines) is 1. The second-order valence-corrected chi connectivity index (χ2v) is 14.2. The molecule has 3 unspecified atom stereocenters. The minimum atomic E-state index is -3.71. The average molecular weight is 596 g/mol. The number of piperidine rings is 2. The summed E-state index contributed by atoms with van der Waals surface area (Å²) in [6.07, 6.45) is 0.716. The SMILES string of the molecule is CN(C(C)(C)C)S(=O)(=O)c1ccc(NC2NN(C3(CC#N)CCN(C(=O)C(C)(F)F)CC3)C3CCNC(=O)C23)cc1. The summed E-state index contributed by atoms with van der Waals surface area (Å²) >= 11 is 0. The van der Waals surface area contributed by atoms with Crippen LogP contribution in [0, 0.1) is 17.2 Å². The molecule has 11 nitrogen and oxygen atoms in total. The predicted octanol–water partition coefficient (Wildman–Crippen LogP) is 2.10. The van der Waals surface area contributed by atoms with Crippen LogP contribution in [0.4, 0.5) is 14.5 Å². The summed E-state index contributed by atoms with van der Waals surface area (Å²) in [4.78, 5) is 26.5. The molecule has 3 fully saturated rings. The lowest BCUT2D eigenvalue weighted by molar-refractivity contribution is -0.158. The third-order valence-corrected chi connectivity index (χ3v) is 10.6. The molecule has 0 aromatic heterocycles. The van der Waals surface area contributed by atoms with Crippen LogP contribution in [0.3, 0.4) is 0 Å². The van der Waals surface area contributed by atoms with Gasteiger partial charge in [0.15, 0.2) is 0 Å². The average Bonchev–Trinajstić information content (AvgIpc) is 3.27. The quantitative estimate of drug-likeness (QED) is 0.436. The van der Waals surface area contributed by atoms with Gasteiger partial charge in [0.25, 0.3) is 5.91 Å². The summed E-state index contributed by atoms with van der Waals surface area (Å²) in [5.74, 6) is -5.40. The number of sulfonamides is 1. The Morgan fingerprint density at radius 2 is 1.80 bits per heavy atom. The predicted molar refractivity (Wildman–Crippen MR) is 148 cm³/mol. The molecule has 1 aromatic rings. The number of carbonyl (C=O) groups excluding carboxylic acids is 2. The highest BCUT2D eigenvalue weighted by molar-refractivity contribution is 7.89. The molecule has 2 amide bonds. The number of benzene rings is 1. The van der Waals surface area contributed by atoms with Gasteiger partial charge in [-0.05, 0) is 64.3 Å². The van der Waals surface area contributed by atoms with Gasteiger partial charge >= 0.3 is 5.92 Å². The molecule has 3 aliphatic heterocycles. The van der Waals surface area contributed by atoms with Gasteiger partial charge in [-0.2, -0.15) is 18.3 Å². The number of rotatable bonds is 7. The summed E-state index contributed by atoms with van der Waals surface area (Å²) in [5, 5.41) is 17.9. The number of hydrogen-bond donors (Lipinski definition) is 3. The summed E-state index contributed by atoms with van der Waals surface area (Å²) in [5.41, 5.74) is 2.63. The second-order valence-electron chi connectivity index (χ2n) is 12.2. The molecule has 0 bridgehead atoms. The van der Waals surface area contributed by atoms with Gasteiger partial charge in [-0.1, -0.05) is 0 Å². The summed E-state index contributed by atoms with van der Waals surface area (Å²) in [6, 6.07) is 8.26. The Balaban J connectivity index is 1.56. The monoisotopic (exact) mass is 595 g/mol. The van der Waals surface area contributed by atoms with Crippen LogP contribution in [-0.2, 0) is 19.6 Å². The van der Waals surface area contributed by atoms with E-state index < -0.39 is 45.0 Å². The first-order chi connectivity index (χ1) is 19.0. The summed E-state index contributed by atoms with van der Waals surface area (Å²) in [6.45, 7) is 6.61. The second kappa shape index (κ2) is 11.1. The van der Waals surface area contributed by atoms with Crippen LogP contribution >= 0.6 is 0 Å². The molecule has 1 aromatic carbocycles. The van der Waals surface area contributed by atoms with Gasteiger partial charge in [0.1, 0.15) is 6.17 Å². The van der Waals surface area contributed by atoms with E-state index in [-0.39, 0.29) is 36.4 Å². The van der Waals surface area contributed by atoms with Crippen molar-refractivity contribution in [3.05, 3.63) is 24.3 Å². The molecule has 3 heterocycles. The Hall–Kier alpha value is -2.86. The van der Waals surface area contributed by atoms with Crippen LogP contribution in [0.15, 0.2) is 29.2 Å². The third kappa shape index (κ3) is 6.04. The summed E-state index contributed by atoms with van der Waals surface area (Å²) in [7, 11) is -2.18. The van der Waals surface area contributed by atoms with Crippen molar-refractivity contribution in [1.29, 1.82) is 5.26 Å². The lowest BCUT2D eigenvalue weighted by Gasteiger charge is -2.49. The fourth-order valence-corrected chi connectivity index (χ4v) is 7.41. The van der Waals surface area contributed by atoms with E-state index in [0.717, 1.165) is 4.90 Å². The van der Waals surface area contributed by atoms with E-state index >= 15 is 0 Å². The molecule has 0 radical (unpaired) electrons. The van der Waals surface area contributed by atoms with E-state index in [2.05, 4.69) is 22.1 Å². The van der Waals surface area contributed by atoms with E-state index in [1.165, 1.54) is 23.5 Å². The van der Waals surface area contributed by atoms with Gasteiger partial charge < -0.3 is 15.5 Å². The van der Waals surface area contributed by atoms with Gasteiger partial charge in [0.05, 0.1) is 28.8 Å². The van der Waals surface area contributed by atoms with Crippen LogP contribution < -0.4 is 16.1 Å². The molecule has 0 aliphatic carbocycles. The number of nitriles is 1. The van der Waals surface area contributed by atoms with E-state index in [1.807, 2.05) is 25.8 Å². The highest BCUT2D eigenvalue weighted by atomic mass is 32.2. The first kappa shape index (κ1) is 31.1. The van der Waals surface area contributed by atoms with Crippen LogP contribution in [0.2, 0.25) is 0 Å². The van der Waals surface area contributed by atoms with Crippen molar-refractivity contribution in [2.45, 2.75) is 87.5 Å².